The molecule has 0 bridgehead atoms. The number of rotatable bonds is 3. The number of ether oxygens (including phenoxy) is 1. The SMILES string of the molecule is CC(=O)Oc1cc2c(s1)CCN(CC(=O)N1CCN(C)CC1)C2. The normalized spacial score (nSPS) is 19.5. The number of esters is 1. The van der Waals surface area contributed by atoms with Crippen molar-refractivity contribution in [3.63, 3.8) is 0 Å². The van der Waals surface area contributed by atoms with Gasteiger partial charge in [0.25, 0.3) is 0 Å². The van der Waals surface area contributed by atoms with Gasteiger partial charge in [-0.25, -0.2) is 0 Å². The lowest BCUT2D eigenvalue weighted by Crippen LogP contribution is -2.50. The molecule has 0 saturated carbocycles. The van der Waals surface area contributed by atoms with Crippen molar-refractivity contribution >= 4 is 23.2 Å². The first-order valence-electron chi connectivity index (χ1n) is 8.00. The van der Waals surface area contributed by atoms with Crippen LogP contribution in [0.3, 0.4) is 0 Å². The fourth-order valence-corrected chi connectivity index (χ4v) is 4.09. The Balaban J connectivity index is 1.55. The highest BCUT2D eigenvalue weighted by molar-refractivity contribution is 7.14. The first-order valence-corrected chi connectivity index (χ1v) is 8.81. The second-order valence-electron chi connectivity index (χ2n) is 6.25. The third-order valence-electron chi connectivity index (χ3n) is 4.38. The Kier molecular flexibility index (Phi) is 4.99. The topological polar surface area (TPSA) is 53.1 Å². The van der Waals surface area contributed by atoms with Crippen molar-refractivity contribution in [2.45, 2.75) is 19.9 Å². The fourth-order valence-electron chi connectivity index (χ4n) is 3.04. The summed E-state index contributed by atoms with van der Waals surface area (Å²) in [4.78, 5) is 31.2. The van der Waals surface area contributed by atoms with Crippen LogP contribution in [0.25, 0.3) is 0 Å². The van der Waals surface area contributed by atoms with Gasteiger partial charge >= 0.3 is 5.97 Å². The second-order valence-corrected chi connectivity index (χ2v) is 7.35. The molecule has 0 N–H and O–H groups in total. The number of likely N-dealkylation sites (N-methyl/N-ethyl adjacent to an activating group) is 1. The van der Waals surface area contributed by atoms with E-state index in [-0.39, 0.29) is 11.9 Å². The molecule has 0 spiro atoms. The van der Waals surface area contributed by atoms with Crippen molar-refractivity contribution < 1.29 is 14.3 Å². The third kappa shape index (κ3) is 4.10. The number of hydrogen-bond acceptors (Lipinski definition) is 6. The van der Waals surface area contributed by atoms with Gasteiger partial charge in [0, 0.05) is 51.1 Å². The van der Waals surface area contributed by atoms with E-state index in [1.165, 1.54) is 17.4 Å². The Bertz CT molecular complexity index is 593. The van der Waals surface area contributed by atoms with Gasteiger partial charge in [-0.15, -0.1) is 11.3 Å². The molecule has 1 aromatic rings. The highest BCUT2D eigenvalue weighted by Gasteiger charge is 2.25. The fraction of sp³-hybridized carbons (Fsp3) is 0.625. The van der Waals surface area contributed by atoms with Crippen LogP contribution >= 0.6 is 11.3 Å². The van der Waals surface area contributed by atoms with E-state index in [4.69, 9.17) is 4.74 Å². The van der Waals surface area contributed by atoms with E-state index in [2.05, 4.69) is 16.8 Å². The molecule has 6 nitrogen and oxygen atoms in total. The minimum absolute atomic E-state index is 0.219. The largest absolute Gasteiger partial charge is 0.416 e. The van der Waals surface area contributed by atoms with E-state index in [0.717, 1.165) is 45.7 Å². The van der Waals surface area contributed by atoms with Gasteiger partial charge in [-0.2, -0.15) is 0 Å². The molecule has 126 valence electrons. The molecule has 1 saturated heterocycles. The maximum absolute atomic E-state index is 12.4. The van der Waals surface area contributed by atoms with Gasteiger partial charge < -0.3 is 14.5 Å². The van der Waals surface area contributed by atoms with Crippen LogP contribution < -0.4 is 4.74 Å². The second kappa shape index (κ2) is 6.98. The Hall–Kier alpha value is -1.44. The Morgan fingerprint density at radius 3 is 2.65 bits per heavy atom. The monoisotopic (exact) mass is 337 g/mol. The lowest BCUT2D eigenvalue weighted by Gasteiger charge is -2.34. The number of piperazine rings is 1. The first kappa shape index (κ1) is 16.4. The van der Waals surface area contributed by atoms with Crippen molar-refractivity contribution in [1.29, 1.82) is 0 Å². The van der Waals surface area contributed by atoms with Crippen molar-refractivity contribution in [2.75, 3.05) is 46.3 Å². The van der Waals surface area contributed by atoms with Gasteiger partial charge in [-0.3, -0.25) is 14.5 Å². The summed E-state index contributed by atoms with van der Waals surface area (Å²) in [6.07, 6.45) is 0.914. The zero-order valence-corrected chi connectivity index (χ0v) is 14.5. The number of carbonyl (C=O) groups is 2. The molecule has 2 aliphatic rings. The molecule has 1 fully saturated rings. The van der Waals surface area contributed by atoms with Gasteiger partial charge in [0.2, 0.25) is 5.91 Å². The number of hydrogen-bond donors (Lipinski definition) is 0. The van der Waals surface area contributed by atoms with Crippen LogP contribution in [-0.4, -0.2) is 72.9 Å². The van der Waals surface area contributed by atoms with Crippen LogP contribution in [0.4, 0.5) is 0 Å². The summed E-state index contributed by atoms with van der Waals surface area (Å²) >= 11 is 1.54. The summed E-state index contributed by atoms with van der Waals surface area (Å²) in [5.74, 6) is -0.0670. The zero-order chi connectivity index (χ0) is 16.4. The lowest BCUT2D eigenvalue weighted by molar-refractivity contribution is -0.134. The third-order valence-corrected chi connectivity index (χ3v) is 5.50. The van der Waals surface area contributed by atoms with Crippen molar-refractivity contribution in [3.8, 4) is 5.06 Å². The molecule has 1 amide bonds. The number of fused-ring (bicyclic) bond motifs is 1. The van der Waals surface area contributed by atoms with Crippen LogP contribution in [0.15, 0.2) is 6.07 Å². The van der Waals surface area contributed by atoms with Gasteiger partial charge in [-0.1, -0.05) is 0 Å². The lowest BCUT2D eigenvalue weighted by atomic mass is 10.1. The maximum atomic E-state index is 12.4. The number of amides is 1. The van der Waals surface area contributed by atoms with Gasteiger partial charge in [-0.05, 0) is 25.1 Å². The maximum Gasteiger partial charge on any atom is 0.308 e. The average molecular weight is 337 g/mol. The highest BCUT2D eigenvalue weighted by Crippen LogP contribution is 2.33. The zero-order valence-electron chi connectivity index (χ0n) is 13.7. The predicted octanol–water partition coefficient (Wildman–Crippen LogP) is 0.806. The van der Waals surface area contributed by atoms with Crippen LogP contribution in [0.5, 0.6) is 5.06 Å². The number of thiophene rings is 1. The van der Waals surface area contributed by atoms with Crippen molar-refractivity contribution in [1.82, 2.24) is 14.7 Å². The molecule has 0 unspecified atom stereocenters. The van der Waals surface area contributed by atoms with Crippen LogP contribution in [0, 0.1) is 0 Å². The van der Waals surface area contributed by atoms with Crippen LogP contribution in [-0.2, 0) is 22.6 Å². The van der Waals surface area contributed by atoms with E-state index in [1.807, 2.05) is 11.0 Å². The minimum Gasteiger partial charge on any atom is -0.416 e. The summed E-state index contributed by atoms with van der Waals surface area (Å²) in [6.45, 7) is 7.08. The molecule has 7 heteroatoms. The van der Waals surface area contributed by atoms with Gasteiger partial charge in [0.15, 0.2) is 5.06 Å². The molecular weight excluding hydrogens is 314 g/mol. The average Bonchev–Trinajstić information content (AvgIpc) is 2.88. The molecule has 0 aliphatic carbocycles. The molecule has 23 heavy (non-hydrogen) atoms. The summed E-state index contributed by atoms with van der Waals surface area (Å²) < 4.78 is 5.17. The Labute approximate surface area is 140 Å². The smallest absolute Gasteiger partial charge is 0.308 e. The highest BCUT2D eigenvalue weighted by atomic mass is 32.1. The first-order chi connectivity index (χ1) is 11.0. The molecule has 0 radical (unpaired) electrons. The number of nitrogens with zero attached hydrogens (tertiary/aromatic N) is 3. The van der Waals surface area contributed by atoms with Crippen LogP contribution in [0.1, 0.15) is 17.4 Å². The van der Waals surface area contributed by atoms with E-state index < -0.39 is 0 Å². The molecule has 1 aromatic heterocycles. The van der Waals surface area contributed by atoms with Crippen molar-refractivity contribution in [3.05, 3.63) is 16.5 Å². The summed E-state index contributed by atoms with van der Waals surface area (Å²) in [6, 6.07) is 1.94. The quantitative estimate of drug-likeness (QED) is 0.764. The number of carbonyl (C=O) groups excluding carboxylic acids is 2. The molecule has 3 heterocycles. The molecule has 0 atom stereocenters. The summed E-state index contributed by atoms with van der Waals surface area (Å²) in [5.41, 5.74) is 1.18. The van der Waals surface area contributed by atoms with Crippen LogP contribution in [0.2, 0.25) is 0 Å². The molecule has 2 aliphatic heterocycles. The van der Waals surface area contributed by atoms with E-state index >= 15 is 0 Å². The van der Waals surface area contributed by atoms with Gasteiger partial charge in [0.05, 0.1) is 6.54 Å². The van der Waals surface area contributed by atoms with E-state index in [9.17, 15) is 9.59 Å². The van der Waals surface area contributed by atoms with Crippen molar-refractivity contribution in [2.24, 2.45) is 0 Å². The standard InChI is InChI=1S/C16H23N3O3S/c1-12(20)22-16-9-13-10-18(4-3-14(13)23-16)11-15(21)19-7-5-17(2)6-8-19/h9H,3-8,10-11H2,1-2H3. The Morgan fingerprint density at radius 2 is 1.96 bits per heavy atom. The van der Waals surface area contributed by atoms with Gasteiger partial charge in [0.1, 0.15) is 0 Å². The minimum atomic E-state index is -0.286. The predicted molar refractivity (Wildman–Crippen MR) is 88.7 cm³/mol. The molecule has 0 aromatic carbocycles. The van der Waals surface area contributed by atoms with E-state index in [1.54, 1.807) is 11.3 Å². The Morgan fingerprint density at radius 1 is 1.22 bits per heavy atom. The molecular formula is C16H23N3O3S. The summed E-state index contributed by atoms with van der Waals surface area (Å²) in [5, 5.41) is 0.662. The van der Waals surface area contributed by atoms with E-state index in [0.29, 0.717) is 11.6 Å². The molecule has 3 rings (SSSR count). The summed E-state index contributed by atoms with van der Waals surface area (Å²) in [7, 11) is 2.09.